The Labute approximate surface area is 193 Å². The summed E-state index contributed by atoms with van der Waals surface area (Å²) in [5.74, 6) is 2.84. The second-order valence-corrected chi connectivity index (χ2v) is 13.4. The third-order valence-corrected chi connectivity index (χ3v) is 12.1. The number of ether oxygens (including phenoxy) is 2. The Morgan fingerprint density at radius 3 is 2.34 bits per heavy atom. The van der Waals surface area contributed by atoms with Crippen LogP contribution in [-0.4, -0.2) is 51.6 Å². The lowest BCUT2D eigenvalue weighted by molar-refractivity contribution is -0.275. The van der Waals surface area contributed by atoms with Crippen LogP contribution in [0.3, 0.4) is 0 Å². The predicted molar refractivity (Wildman–Crippen MR) is 121 cm³/mol. The molecule has 2 aliphatic heterocycles. The van der Waals surface area contributed by atoms with Crippen LogP contribution in [-0.2, 0) is 9.47 Å². The molecule has 4 saturated carbocycles. The van der Waals surface area contributed by atoms with Crippen LogP contribution in [0.1, 0.15) is 85.5 Å². The molecule has 13 atom stereocenters. The number of rotatable bonds is 0. The van der Waals surface area contributed by atoms with E-state index in [9.17, 15) is 15.3 Å². The minimum Gasteiger partial charge on any atom is -0.390 e. The highest BCUT2D eigenvalue weighted by atomic mass is 16.7. The minimum atomic E-state index is -0.852. The maximum atomic E-state index is 11.7. The Balaban J connectivity index is 1.28. The topological polar surface area (TPSA) is 79.2 Å². The molecule has 0 bridgehead atoms. The van der Waals surface area contributed by atoms with Crippen molar-refractivity contribution < 1.29 is 24.8 Å². The van der Waals surface area contributed by atoms with E-state index in [2.05, 4.69) is 27.7 Å². The van der Waals surface area contributed by atoms with E-state index < -0.39 is 17.8 Å². The van der Waals surface area contributed by atoms with Gasteiger partial charge in [-0.2, -0.15) is 0 Å². The minimum absolute atomic E-state index is 0.264. The number of aliphatic hydroxyl groups excluding tert-OH is 2. The third kappa shape index (κ3) is 2.69. The van der Waals surface area contributed by atoms with E-state index in [1.54, 1.807) is 0 Å². The highest BCUT2D eigenvalue weighted by Crippen LogP contribution is 2.71. The fourth-order valence-electron chi connectivity index (χ4n) is 10.3. The van der Waals surface area contributed by atoms with Crippen molar-refractivity contribution >= 4 is 0 Å². The van der Waals surface area contributed by atoms with E-state index in [4.69, 9.17) is 9.47 Å². The predicted octanol–water partition coefficient (Wildman–Crippen LogP) is 3.88. The normalized spacial score (nSPS) is 64.0. The van der Waals surface area contributed by atoms with Crippen molar-refractivity contribution in [2.24, 2.45) is 46.3 Å². The van der Waals surface area contributed by atoms with Crippen LogP contribution < -0.4 is 0 Å². The third-order valence-electron chi connectivity index (χ3n) is 12.1. The Bertz CT molecular complexity index is 763. The second kappa shape index (κ2) is 6.94. The zero-order chi connectivity index (χ0) is 22.7. The molecule has 0 aromatic heterocycles. The van der Waals surface area contributed by atoms with Gasteiger partial charge < -0.3 is 24.8 Å². The summed E-state index contributed by atoms with van der Waals surface area (Å²) in [6.07, 6.45) is 7.02. The smallest absolute Gasteiger partial charge is 0.171 e. The summed E-state index contributed by atoms with van der Waals surface area (Å²) in [5, 5.41) is 32.5. The molecule has 6 fully saturated rings. The Morgan fingerprint density at radius 1 is 0.875 bits per heavy atom. The molecule has 0 aromatic carbocycles. The van der Waals surface area contributed by atoms with Gasteiger partial charge >= 0.3 is 0 Å². The van der Waals surface area contributed by atoms with Crippen molar-refractivity contribution in [3.05, 3.63) is 0 Å². The molecule has 32 heavy (non-hydrogen) atoms. The quantitative estimate of drug-likeness (QED) is 0.524. The molecule has 3 N–H and O–H groups in total. The van der Waals surface area contributed by atoms with Gasteiger partial charge in [0.1, 0.15) is 0 Å². The first-order valence-electron chi connectivity index (χ1n) is 13.4. The SMILES string of the molecule is CC1CCC2(OC1)OC1CC3C4CCC5(O)CC(O)C(O)CC5(C)C4CCC3(C)C1C2C. The lowest BCUT2D eigenvalue weighted by atomic mass is 9.42. The van der Waals surface area contributed by atoms with Crippen molar-refractivity contribution in [3.8, 4) is 0 Å². The van der Waals surface area contributed by atoms with Gasteiger partial charge in [0.25, 0.3) is 0 Å². The summed E-state index contributed by atoms with van der Waals surface area (Å²) in [6.45, 7) is 10.2. The first kappa shape index (κ1) is 22.3. The molecule has 6 aliphatic rings. The maximum Gasteiger partial charge on any atom is 0.171 e. The molecule has 2 saturated heterocycles. The summed E-state index contributed by atoms with van der Waals surface area (Å²) >= 11 is 0. The van der Waals surface area contributed by atoms with Crippen LogP contribution >= 0.6 is 0 Å². The fraction of sp³-hybridized carbons (Fsp3) is 1.00. The number of hydrogen-bond donors (Lipinski definition) is 3. The molecular weight excluding hydrogens is 404 g/mol. The first-order valence-corrected chi connectivity index (χ1v) is 13.4. The van der Waals surface area contributed by atoms with Crippen molar-refractivity contribution in [2.75, 3.05) is 6.61 Å². The van der Waals surface area contributed by atoms with Gasteiger partial charge in [0.15, 0.2) is 5.79 Å². The van der Waals surface area contributed by atoms with Gasteiger partial charge in [-0.15, -0.1) is 0 Å². The summed E-state index contributed by atoms with van der Waals surface area (Å²) in [5.41, 5.74) is -0.904. The largest absolute Gasteiger partial charge is 0.390 e. The van der Waals surface area contributed by atoms with Gasteiger partial charge in [-0.05, 0) is 80.0 Å². The number of hydrogen-bond acceptors (Lipinski definition) is 5. The Morgan fingerprint density at radius 2 is 1.62 bits per heavy atom. The van der Waals surface area contributed by atoms with Crippen LogP contribution in [0.5, 0.6) is 0 Å². The summed E-state index contributed by atoms with van der Waals surface area (Å²) in [6, 6.07) is 0. The van der Waals surface area contributed by atoms with Crippen LogP contribution in [0.15, 0.2) is 0 Å². The molecule has 182 valence electrons. The van der Waals surface area contributed by atoms with Crippen molar-refractivity contribution in [1.29, 1.82) is 0 Å². The summed E-state index contributed by atoms with van der Waals surface area (Å²) in [7, 11) is 0. The molecule has 6 rings (SSSR count). The van der Waals surface area contributed by atoms with E-state index in [1.807, 2.05) is 0 Å². The van der Waals surface area contributed by atoms with E-state index >= 15 is 0 Å². The van der Waals surface area contributed by atoms with Crippen LogP contribution in [0, 0.1) is 46.3 Å². The molecule has 1 spiro atoms. The van der Waals surface area contributed by atoms with Crippen molar-refractivity contribution in [3.63, 3.8) is 0 Å². The lowest BCUT2D eigenvalue weighted by Crippen LogP contribution is -2.65. The van der Waals surface area contributed by atoms with Gasteiger partial charge in [-0.3, -0.25) is 0 Å². The molecule has 0 radical (unpaired) electrons. The van der Waals surface area contributed by atoms with Gasteiger partial charge in [0.2, 0.25) is 0 Å². The number of fused-ring (bicyclic) bond motifs is 7. The molecule has 0 aromatic rings. The molecule has 2 heterocycles. The molecule has 0 amide bonds. The molecule has 4 aliphatic carbocycles. The van der Waals surface area contributed by atoms with Gasteiger partial charge in [-0.1, -0.05) is 27.7 Å². The summed E-state index contributed by atoms with van der Waals surface area (Å²) in [4.78, 5) is 0. The zero-order valence-corrected chi connectivity index (χ0v) is 20.4. The Hall–Kier alpha value is -0.200. The highest BCUT2D eigenvalue weighted by molar-refractivity contribution is 5.18. The van der Waals surface area contributed by atoms with Gasteiger partial charge in [0, 0.05) is 24.2 Å². The zero-order valence-electron chi connectivity index (χ0n) is 20.4. The van der Waals surface area contributed by atoms with Crippen molar-refractivity contribution in [1.82, 2.24) is 0 Å². The van der Waals surface area contributed by atoms with E-state index in [-0.39, 0.29) is 16.6 Å². The second-order valence-electron chi connectivity index (χ2n) is 13.4. The lowest BCUT2D eigenvalue weighted by Gasteiger charge is -2.64. The van der Waals surface area contributed by atoms with Gasteiger partial charge in [0.05, 0.1) is 30.5 Å². The highest BCUT2D eigenvalue weighted by Gasteiger charge is 2.71. The Kier molecular flexibility index (Phi) is 4.83. The molecule has 5 nitrogen and oxygen atoms in total. The molecular formula is C27H44O5. The van der Waals surface area contributed by atoms with E-state index in [0.717, 1.165) is 38.7 Å². The maximum absolute atomic E-state index is 11.7. The van der Waals surface area contributed by atoms with Crippen LogP contribution in [0.4, 0.5) is 0 Å². The van der Waals surface area contributed by atoms with Crippen LogP contribution in [0.2, 0.25) is 0 Å². The summed E-state index contributed by atoms with van der Waals surface area (Å²) < 4.78 is 13.3. The molecule has 13 unspecified atom stereocenters. The van der Waals surface area contributed by atoms with E-state index in [1.165, 1.54) is 12.8 Å². The van der Waals surface area contributed by atoms with Crippen LogP contribution in [0.25, 0.3) is 0 Å². The average molecular weight is 449 g/mol. The molecule has 5 heteroatoms. The van der Waals surface area contributed by atoms with Crippen molar-refractivity contribution in [2.45, 2.75) is 115 Å². The fourth-order valence-corrected chi connectivity index (χ4v) is 10.3. The monoisotopic (exact) mass is 448 g/mol. The number of aliphatic hydroxyl groups is 3. The van der Waals surface area contributed by atoms with E-state index in [0.29, 0.717) is 54.5 Å². The van der Waals surface area contributed by atoms with Gasteiger partial charge in [-0.25, -0.2) is 0 Å². The average Bonchev–Trinajstić information content (AvgIpc) is 3.17. The first-order chi connectivity index (χ1) is 15.0. The standard InChI is InChI=1S/C27H44O5/c1-15-5-10-27(31-14-15)16(2)23-22(32-27)11-19-17-6-9-26(30)13-21(29)20(28)12-25(26,4)18(17)7-8-24(19,23)3/h15-23,28-30H,5-14H2,1-4H3.